The Balaban J connectivity index is 4.41. The fraction of sp³-hybridized carbons (Fsp3) is 0.500. The van der Waals surface area contributed by atoms with E-state index in [0.29, 0.717) is 0 Å². The summed E-state index contributed by atoms with van der Waals surface area (Å²) >= 11 is 0. The molecular weight excluding hydrogens is 188 g/mol. The van der Waals surface area contributed by atoms with Crippen LogP contribution in [-0.4, -0.2) is 42.4 Å². The number of likely N-dealkylation sites (N-methyl/N-ethyl adjacent to an activating group) is 1. The van der Waals surface area contributed by atoms with Crippen LogP contribution in [0.15, 0.2) is 0 Å². The van der Waals surface area contributed by atoms with Crippen molar-refractivity contribution in [3.63, 3.8) is 0 Å². The zero-order chi connectivity index (χ0) is 11.1. The van der Waals surface area contributed by atoms with Crippen molar-refractivity contribution in [2.24, 2.45) is 0 Å². The van der Waals surface area contributed by atoms with E-state index in [-0.39, 0.29) is 6.42 Å². The normalized spacial score (nSPS) is 11.2. The van der Waals surface area contributed by atoms with E-state index >= 15 is 0 Å². The van der Waals surface area contributed by atoms with E-state index in [9.17, 15) is 9.59 Å². The maximum atomic E-state index is 11.4. The van der Waals surface area contributed by atoms with Crippen molar-refractivity contribution < 1.29 is 19.5 Å². The number of carbonyl (C=O) groups excluding carboxylic acids is 1. The van der Waals surface area contributed by atoms with Crippen LogP contribution in [0.4, 0.5) is 4.79 Å². The first-order valence-corrected chi connectivity index (χ1v) is 3.77. The molecule has 0 aliphatic heterocycles. The van der Waals surface area contributed by atoms with Crippen molar-refractivity contribution in [2.75, 3.05) is 14.2 Å². The van der Waals surface area contributed by atoms with Crippen LogP contribution in [0.25, 0.3) is 0 Å². The first kappa shape index (κ1) is 12.3. The second-order valence-electron chi connectivity index (χ2n) is 2.43. The lowest BCUT2D eigenvalue weighted by Gasteiger charge is -2.19. The average molecular weight is 200 g/mol. The quantitative estimate of drug-likeness (QED) is 0.481. The number of nitrogens with one attached hydrogen (secondary N) is 1. The van der Waals surface area contributed by atoms with Gasteiger partial charge in [0.05, 0.1) is 7.11 Å². The lowest BCUT2D eigenvalue weighted by molar-refractivity contribution is -0.170. The number of terminal acetylenes is 1. The molecule has 0 aliphatic rings. The summed E-state index contributed by atoms with van der Waals surface area (Å²) in [6.45, 7) is 0. The molecular formula is C8H12N2O4. The smallest absolute Gasteiger partial charge is 0.405 e. The maximum Gasteiger partial charge on any atom is 0.405 e. The van der Waals surface area contributed by atoms with Crippen molar-refractivity contribution >= 4 is 12.0 Å². The number of nitrogens with zero attached hydrogens (tertiary/aromatic N) is 1. The Kier molecular flexibility index (Phi) is 5.10. The van der Waals surface area contributed by atoms with E-state index in [2.05, 4.69) is 10.8 Å². The molecule has 0 aliphatic carbocycles. The Morgan fingerprint density at radius 1 is 1.71 bits per heavy atom. The first-order valence-electron chi connectivity index (χ1n) is 3.77. The highest BCUT2D eigenvalue weighted by Gasteiger charge is 2.22. The van der Waals surface area contributed by atoms with Crippen LogP contribution in [0.2, 0.25) is 0 Å². The van der Waals surface area contributed by atoms with E-state index in [1.54, 1.807) is 0 Å². The molecule has 14 heavy (non-hydrogen) atoms. The molecule has 0 fully saturated rings. The van der Waals surface area contributed by atoms with Gasteiger partial charge in [-0.05, 0) is 0 Å². The van der Waals surface area contributed by atoms with Gasteiger partial charge in [-0.15, -0.1) is 12.3 Å². The molecule has 0 bridgehead atoms. The summed E-state index contributed by atoms with van der Waals surface area (Å²) < 4.78 is 0. The van der Waals surface area contributed by atoms with E-state index in [4.69, 9.17) is 11.5 Å². The van der Waals surface area contributed by atoms with Gasteiger partial charge < -0.3 is 10.4 Å². The third kappa shape index (κ3) is 3.78. The van der Waals surface area contributed by atoms with Crippen LogP contribution in [-0.2, 0) is 9.63 Å². The maximum absolute atomic E-state index is 11.4. The number of carbonyl (C=O) groups is 2. The summed E-state index contributed by atoms with van der Waals surface area (Å²) in [7, 11) is 2.67. The molecule has 2 N–H and O–H groups in total. The van der Waals surface area contributed by atoms with Gasteiger partial charge in [0.1, 0.15) is 6.04 Å². The number of hydrogen-bond acceptors (Lipinski definition) is 3. The number of hydrogen-bond donors (Lipinski definition) is 2. The molecule has 1 unspecified atom stereocenters. The number of hydroxylamine groups is 2. The predicted molar refractivity (Wildman–Crippen MR) is 48.2 cm³/mol. The van der Waals surface area contributed by atoms with Gasteiger partial charge in [0.25, 0.3) is 5.91 Å². The summed E-state index contributed by atoms with van der Waals surface area (Å²) in [5.41, 5.74) is 0. The first-order chi connectivity index (χ1) is 6.52. The molecule has 78 valence electrons. The summed E-state index contributed by atoms with van der Waals surface area (Å²) in [5, 5.41) is 11.3. The average Bonchev–Trinajstić information content (AvgIpc) is 2.14. The van der Waals surface area contributed by atoms with Gasteiger partial charge in [0.15, 0.2) is 0 Å². The predicted octanol–water partition coefficient (Wildman–Crippen LogP) is -0.334. The van der Waals surface area contributed by atoms with Crippen LogP contribution >= 0.6 is 0 Å². The molecule has 0 aromatic rings. The molecule has 0 saturated heterocycles. The monoisotopic (exact) mass is 200 g/mol. The molecule has 0 rings (SSSR count). The Morgan fingerprint density at radius 3 is 2.64 bits per heavy atom. The highest BCUT2D eigenvalue weighted by Crippen LogP contribution is 1.97. The highest BCUT2D eigenvalue weighted by atomic mass is 16.7. The van der Waals surface area contributed by atoms with Crippen LogP contribution in [0, 0.1) is 12.3 Å². The van der Waals surface area contributed by atoms with Gasteiger partial charge in [-0.2, -0.15) is 0 Å². The number of carboxylic acid groups (broad SMARTS) is 1. The standard InChI is InChI=1S/C8H12N2O4/c1-4-5-6(9-8(12)13)7(11)10(2)14-3/h1,6,9H,5H2,2-3H3,(H,12,13). The molecule has 0 aromatic carbocycles. The van der Waals surface area contributed by atoms with Crippen molar-refractivity contribution in [1.29, 1.82) is 0 Å². The van der Waals surface area contributed by atoms with Gasteiger partial charge in [0, 0.05) is 13.5 Å². The Morgan fingerprint density at radius 2 is 2.29 bits per heavy atom. The molecule has 0 heterocycles. The summed E-state index contributed by atoms with van der Waals surface area (Å²) in [6.07, 6.45) is 3.67. The van der Waals surface area contributed by atoms with Crippen LogP contribution in [0.5, 0.6) is 0 Å². The molecule has 0 saturated carbocycles. The lowest BCUT2D eigenvalue weighted by atomic mass is 10.2. The molecule has 0 radical (unpaired) electrons. The van der Waals surface area contributed by atoms with Crippen molar-refractivity contribution in [3.8, 4) is 12.3 Å². The molecule has 6 nitrogen and oxygen atoms in total. The fourth-order valence-corrected chi connectivity index (χ4v) is 0.776. The van der Waals surface area contributed by atoms with Crippen LogP contribution in [0.3, 0.4) is 0 Å². The van der Waals surface area contributed by atoms with Crippen LogP contribution < -0.4 is 5.32 Å². The van der Waals surface area contributed by atoms with Gasteiger partial charge >= 0.3 is 6.09 Å². The summed E-state index contributed by atoms with van der Waals surface area (Å²) in [4.78, 5) is 26.3. The third-order valence-corrected chi connectivity index (χ3v) is 1.50. The van der Waals surface area contributed by atoms with E-state index < -0.39 is 18.0 Å². The zero-order valence-electron chi connectivity index (χ0n) is 7.98. The van der Waals surface area contributed by atoms with Gasteiger partial charge in [-0.3, -0.25) is 9.63 Å². The second kappa shape index (κ2) is 5.83. The van der Waals surface area contributed by atoms with Crippen molar-refractivity contribution in [1.82, 2.24) is 10.4 Å². The molecule has 6 heteroatoms. The summed E-state index contributed by atoms with van der Waals surface area (Å²) in [6, 6.07) is -0.970. The van der Waals surface area contributed by atoms with Gasteiger partial charge in [0.2, 0.25) is 0 Å². The SMILES string of the molecule is C#CCC(NC(=O)O)C(=O)N(C)OC. The number of amides is 2. The minimum absolute atomic E-state index is 0.0150. The topological polar surface area (TPSA) is 78.9 Å². The fourth-order valence-electron chi connectivity index (χ4n) is 0.776. The zero-order valence-corrected chi connectivity index (χ0v) is 7.98. The number of rotatable bonds is 4. The van der Waals surface area contributed by atoms with Crippen molar-refractivity contribution in [2.45, 2.75) is 12.5 Å². The second-order valence-corrected chi connectivity index (χ2v) is 2.43. The van der Waals surface area contributed by atoms with Gasteiger partial charge in [-0.1, -0.05) is 0 Å². The minimum Gasteiger partial charge on any atom is -0.465 e. The third-order valence-electron chi connectivity index (χ3n) is 1.50. The Labute approximate surface area is 81.8 Å². The molecule has 2 amide bonds. The van der Waals surface area contributed by atoms with E-state index in [0.717, 1.165) is 5.06 Å². The Bertz CT molecular complexity index is 259. The van der Waals surface area contributed by atoms with Crippen LogP contribution in [0.1, 0.15) is 6.42 Å². The molecule has 0 aromatic heterocycles. The summed E-state index contributed by atoms with van der Waals surface area (Å²) in [5.74, 6) is 1.67. The minimum atomic E-state index is -1.30. The highest BCUT2D eigenvalue weighted by molar-refractivity contribution is 5.84. The van der Waals surface area contributed by atoms with E-state index in [1.165, 1.54) is 14.2 Å². The van der Waals surface area contributed by atoms with Crippen molar-refractivity contribution in [3.05, 3.63) is 0 Å². The van der Waals surface area contributed by atoms with Gasteiger partial charge in [-0.25, -0.2) is 9.86 Å². The largest absolute Gasteiger partial charge is 0.465 e. The lowest BCUT2D eigenvalue weighted by Crippen LogP contribution is -2.46. The Hall–Kier alpha value is -1.74. The van der Waals surface area contributed by atoms with E-state index in [1.807, 2.05) is 5.32 Å². The molecule has 0 spiro atoms. The molecule has 1 atom stereocenters.